The van der Waals surface area contributed by atoms with Gasteiger partial charge in [-0.2, -0.15) is 0 Å². The van der Waals surface area contributed by atoms with Crippen molar-refractivity contribution in [2.45, 2.75) is 6.92 Å². The molecule has 2 fully saturated rings. The van der Waals surface area contributed by atoms with Gasteiger partial charge >= 0.3 is 0 Å². The maximum absolute atomic E-state index is 12.4. The van der Waals surface area contributed by atoms with Crippen LogP contribution in [-0.4, -0.2) is 64.6 Å². The quantitative estimate of drug-likeness (QED) is 0.701. The number of aromatic nitrogens is 2. The molecule has 2 saturated heterocycles. The van der Waals surface area contributed by atoms with E-state index in [0.717, 1.165) is 42.8 Å². The number of benzene rings is 1. The highest BCUT2D eigenvalue weighted by molar-refractivity contribution is 8.18. The lowest BCUT2D eigenvalue weighted by atomic mass is 10.2. The van der Waals surface area contributed by atoms with E-state index in [2.05, 4.69) is 51.0 Å². The molecule has 2 aliphatic rings. The lowest BCUT2D eigenvalue weighted by molar-refractivity contribution is -0.127. The number of piperazine rings is 1. The van der Waals surface area contributed by atoms with Crippen molar-refractivity contribution < 1.29 is 14.4 Å². The van der Waals surface area contributed by atoms with Crippen molar-refractivity contribution >= 4 is 46.5 Å². The van der Waals surface area contributed by atoms with E-state index in [9.17, 15) is 14.4 Å². The summed E-state index contributed by atoms with van der Waals surface area (Å²) >= 11 is 0.769. The maximum atomic E-state index is 12.4. The summed E-state index contributed by atoms with van der Waals surface area (Å²) in [6, 6.07) is 10.2. The van der Waals surface area contributed by atoms with Crippen molar-refractivity contribution in [2.24, 2.45) is 5.73 Å². The summed E-state index contributed by atoms with van der Waals surface area (Å²) in [5, 5.41) is -0.517. The van der Waals surface area contributed by atoms with Gasteiger partial charge in [-0.25, -0.2) is 9.97 Å². The topological polar surface area (TPSA) is 113 Å². The Kier molecular flexibility index (Phi) is 5.90. The molecule has 0 spiro atoms. The van der Waals surface area contributed by atoms with Crippen molar-refractivity contribution in [2.75, 3.05) is 42.5 Å². The number of rotatable bonds is 5. The molecular formula is C21H22N6O3S. The summed E-state index contributed by atoms with van der Waals surface area (Å²) in [5.74, 6) is -0.702. The summed E-state index contributed by atoms with van der Waals surface area (Å²) in [7, 11) is 0. The number of primary amides is 1. The number of nitrogens with zero attached hydrogens (tertiary/aromatic N) is 5. The van der Waals surface area contributed by atoms with E-state index in [4.69, 9.17) is 5.73 Å². The van der Waals surface area contributed by atoms with E-state index in [-0.39, 0.29) is 4.91 Å². The molecule has 0 unspecified atom stereocenters. The molecule has 0 bridgehead atoms. The number of carbonyl (C=O) groups is 3. The largest absolute Gasteiger partial charge is 0.368 e. The minimum absolute atomic E-state index is 0.208. The molecule has 1 aromatic carbocycles. The highest BCUT2D eigenvalue weighted by Gasteiger charge is 2.36. The second kappa shape index (κ2) is 8.76. The second-order valence-electron chi connectivity index (χ2n) is 7.33. The molecule has 0 atom stereocenters. The van der Waals surface area contributed by atoms with E-state index in [0.29, 0.717) is 11.6 Å². The van der Waals surface area contributed by atoms with Crippen LogP contribution in [0.15, 0.2) is 41.4 Å². The first kappa shape index (κ1) is 20.9. The van der Waals surface area contributed by atoms with Gasteiger partial charge in [0.2, 0.25) is 11.9 Å². The van der Waals surface area contributed by atoms with E-state index < -0.39 is 23.6 Å². The number of hydrogen-bond donors (Lipinski definition) is 1. The Morgan fingerprint density at radius 1 is 1.10 bits per heavy atom. The van der Waals surface area contributed by atoms with Crippen LogP contribution in [-0.2, 0) is 9.59 Å². The smallest absolute Gasteiger partial charge is 0.294 e. The van der Waals surface area contributed by atoms with Crippen LogP contribution >= 0.6 is 11.8 Å². The minimum atomic E-state index is -0.738. The van der Waals surface area contributed by atoms with Crippen LogP contribution in [0.2, 0.25) is 0 Å². The number of hydrogen-bond acceptors (Lipinski definition) is 8. The molecule has 3 heterocycles. The zero-order valence-corrected chi connectivity index (χ0v) is 17.8. The van der Waals surface area contributed by atoms with Crippen LogP contribution in [0.1, 0.15) is 11.3 Å². The van der Waals surface area contributed by atoms with Crippen LogP contribution < -0.4 is 15.5 Å². The molecule has 160 valence electrons. The van der Waals surface area contributed by atoms with Gasteiger partial charge in [0.25, 0.3) is 11.1 Å². The van der Waals surface area contributed by atoms with E-state index in [1.54, 1.807) is 18.3 Å². The van der Waals surface area contributed by atoms with Gasteiger partial charge in [0.1, 0.15) is 6.54 Å². The number of aryl methyl sites for hydroxylation is 1. The molecule has 4 rings (SSSR count). The van der Waals surface area contributed by atoms with Gasteiger partial charge in [-0.1, -0.05) is 17.7 Å². The Balaban J connectivity index is 1.44. The summed E-state index contributed by atoms with van der Waals surface area (Å²) in [6.07, 6.45) is 3.17. The van der Waals surface area contributed by atoms with Crippen molar-refractivity contribution in [3.63, 3.8) is 0 Å². The molecule has 2 N–H and O–H groups in total. The zero-order valence-electron chi connectivity index (χ0n) is 17.0. The molecule has 1 aromatic heterocycles. The normalized spacial score (nSPS) is 18.2. The van der Waals surface area contributed by atoms with Crippen molar-refractivity contribution in [3.05, 3.63) is 52.7 Å². The molecular weight excluding hydrogens is 416 g/mol. The van der Waals surface area contributed by atoms with Crippen LogP contribution in [0.5, 0.6) is 0 Å². The van der Waals surface area contributed by atoms with Crippen molar-refractivity contribution in [3.8, 4) is 0 Å². The van der Waals surface area contributed by atoms with E-state index in [1.165, 1.54) is 11.3 Å². The number of anilines is 2. The lowest BCUT2D eigenvalue weighted by Gasteiger charge is -2.36. The average Bonchev–Trinajstić information content (AvgIpc) is 3.01. The van der Waals surface area contributed by atoms with Gasteiger partial charge in [-0.15, -0.1) is 0 Å². The molecule has 9 nitrogen and oxygen atoms in total. The Bertz CT molecular complexity index is 1050. The summed E-state index contributed by atoms with van der Waals surface area (Å²) in [5.41, 5.74) is 8.07. The third-order valence-electron chi connectivity index (χ3n) is 5.09. The number of amides is 3. The third kappa shape index (κ3) is 4.69. The Morgan fingerprint density at radius 3 is 2.45 bits per heavy atom. The first-order valence-electron chi connectivity index (χ1n) is 9.84. The Labute approximate surface area is 183 Å². The van der Waals surface area contributed by atoms with Gasteiger partial charge in [-0.3, -0.25) is 19.3 Å². The Morgan fingerprint density at radius 2 is 1.77 bits per heavy atom. The fourth-order valence-electron chi connectivity index (χ4n) is 3.44. The number of imide groups is 1. The predicted molar refractivity (Wildman–Crippen MR) is 120 cm³/mol. The first-order valence-corrected chi connectivity index (χ1v) is 10.7. The minimum Gasteiger partial charge on any atom is -0.368 e. The molecule has 0 saturated carbocycles. The summed E-state index contributed by atoms with van der Waals surface area (Å²) in [6.45, 7) is 4.89. The molecule has 0 radical (unpaired) electrons. The second-order valence-corrected chi connectivity index (χ2v) is 8.32. The molecule has 31 heavy (non-hydrogen) atoms. The van der Waals surface area contributed by atoms with E-state index in [1.807, 2.05) is 0 Å². The fraction of sp³-hybridized carbons (Fsp3) is 0.286. The summed E-state index contributed by atoms with van der Waals surface area (Å²) < 4.78 is 0. The number of nitrogens with two attached hydrogens (primary N) is 1. The van der Waals surface area contributed by atoms with Gasteiger partial charge in [-0.05, 0) is 43.0 Å². The monoisotopic (exact) mass is 438 g/mol. The molecule has 2 aliphatic heterocycles. The van der Waals surface area contributed by atoms with Gasteiger partial charge in [0.15, 0.2) is 0 Å². The van der Waals surface area contributed by atoms with Gasteiger partial charge < -0.3 is 15.5 Å². The van der Waals surface area contributed by atoms with E-state index >= 15 is 0 Å². The maximum Gasteiger partial charge on any atom is 0.294 e. The van der Waals surface area contributed by atoms with Crippen LogP contribution in [0.4, 0.5) is 16.4 Å². The molecule has 2 aromatic rings. The predicted octanol–water partition coefficient (Wildman–Crippen LogP) is 1.63. The van der Waals surface area contributed by atoms with Crippen LogP contribution in [0.3, 0.4) is 0 Å². The van der Waals surface area contributed by atoms with Crippen molar-refractivity contribution in [1.29, 1.82) is 0 Å². The van der Waals surface area contributed by atoms with Crippen LogP contribution in [0, 0.1) is 6.92 Å². The first-order chi connectivity index (χ1) is 14.9. The Hall–Kier alpha value is -3.40. The molecule has 3 amide bonds. The molecule has 0 aliphatic carbocycles. The van der Waals surface area contributed by atoms with Crippen LogP contribution in [0.25, 0.3) is 6.08 Å². The standard InChI is InChI=1S/C21H22N6O3S/c1-14-2-4-16(5-3-14)25-8-10-26(11-9-25)20-23-7-6-15(24-20)12-17-19(29)27(13-18(22)28)21(30)31-17/h2-7,12H,8-11,13H2,1H3,(H2,22,28). The number of carbonyl (C=O) groups excluding carboxylic acids is 3. The summed E-state index contributed by atoms with van der Waals surface area (Å²) in [4.78, 5) is 49.8. The SMILES string of the molecule is Cc1ccc(N2CCN(c3nccc(C=C4SC(=O)N(CC(N)=O)C4=O)n3)CC2)cc1. The highest BCUT2D eigenvalue weighted by Crippen LogP contribution is 2.31. The lowest BCUT2D eigenvalue weighted by Crippen LogP contribution is -2.47. The number of thioether (sulfide) groups is 1. The average molecular weight is 439 g/mol. The molecule has 10 heteroatoms. The zero-order chi connectivity index (χ0) is 22.0. The van der Waals surface area contributed by atoms with Crippen molar-refractivity contribution in [1.82, 2.24) is 14.9 Å². The highest BCUT2D eigenvalue weighted by atomic mass is 32.2. The third-order valence-corrected chi connectivity index (χ3v) is 6.00. The fourth-order valence-corrected chi connectivity index (χ4v) is 4.26. The van der Waals surface area contributed by atoms with Gasteiger partial charge in [0.05, 0.1) is 10.6 Å². The van der Waals surface area contributed by atoms with Gasteiger partial charge in [0, 0.05) is 38.1 Å².